The van der Waals surface area contributed by atoms with Crippen LogP contribution >= 0.6 is 0 Å². The van der Waals surface area contributed by atoms with E-state index in [0.717, 1.165) is 12.1 Å². The Morgan fingerprint density at radius 1 is 1.44 bits per heavy atom. The van der Waals surface area contributed by atoms with E-state index in [1.165, 1.54) is 11.0 Å². The number of halogens is 2. The predicted molar refractivity (Wildman–Crippen MR) is 60.8 cm³/mol. The van der Waals surface area contributed by atoms with Crippen molar-refractivity contribution in [2.75, 3.05) is 13.1 Å². The van der Waals surface area contributed by atoms with E-state index >= 15 is 0 Å². The number of urea groups is 1. The molecule has 1 aliphatic heterocycles. The van der Waals surface area contributed by atoms with Crippen LogP contribution in [0.15, 0.2) is 18.2 Å². The van der Waals surface area contributed by atoms with Crippen molar-refractivity contribution in [2.45, 2.75) is 19.1 Å². The Balaban J connectivity index is 1.93. The van der Waals surface area contributed by atoms with Crippen molar-refractivity contribution in [2.24, 2.45) is 0 Å². The molecule has 18 heavy (non-hydrogen) atoms. The first-order valence-electron chi connectivity index (χ1n) is 5.71. The van der Waals surface area contributed by atoms with Gasteiger partial charge in [-0.15, -0.1) is 0 Å². The summed E-state index contributed by atoms with van der Waals surface area (Å²) in [5, 5.41) is 11.7. The minimum Gasteiger partial charge on any atom is -0.391 e. The fourth-order valence-corrected chi connectivity index (χ4v) is 1.90. The van der Waals surface area contributed by atoms with Gasteiger partial charge >= 0.3 is 6.03 Å². The number of amides is 2. The highest BCUT2D eigenvalue weighted by Crippen LogP contribution is 2.12. The third kappa shape index (κ3) is 2.76. The van der Waals surface area contributed by atoms with Crippen LogP contribution in [0.5, 0.6) is 0 Å². The number of hydrogen-bond acceptors (Lipinski definition) is 2. The van der Waals surface area contributed by atoms with Crippen LogP contribution in [0.1, 0.15) is 12.0 Å². The molecule has 0 aromatic heterocycles. The summed E-state index contributed by atoms with van der Waals surface area (Å²) in [5.41, 5.74) is -0.161. The van der Waals surface area contributed by atoms with E-state index in [-0.39, 0.29) is 18.7 Å². The Hall–Kier alpha value is -1.69. The molecule has 0 bridgehead atoms. The van der Waals surface area contributed by atoms with Crippen LogP contribution in [0.25, 0.3) is 0 Å². The Bertz CT molecular complexity index is 433. The van der Waals surface area contributed by atoms with Crippen molar-refractivity contribution in [3.8, 4) is 0 Å². The van der Waals surface area contributed by atoms with Crippen molar-refractivity contribution < 1.29 is 18.7 Å². The van der Waals surface area contributed by atoms with Gasteiger partial charge in [-0.1, -0.05) is 6.07 Å². The number of benzene rings is 1. The summed E-state index contributed by atoms with van der Waals surface area (Å²) in [6.45, 7) is 0.502. The van der Waals surface area contributed by atoms with Crippen LogP contribution in [-0.2, 0) is 6.54 Å². The molecule has 0 spiro atoms. The number of likely N-dealkylation sites (tertiary alicyclic amines) is 1. The van der Waals surface area contributed by atoms with Crippen molar-refractivity contribution in [3.05, 3.63) is 35.4 Å². The van der Waals surface area contributed by atoms with Gasteiger partial charge in [-0.3, -0.25) is 0 Å². The van der Waals surface area contributed by atoms with Gasteiger partial charge in [-0.25, -0.2) is 13.6 Å². The summed E-state index contributed by atoms with van der Waals surface area (Å²) < 4.78 is 26.6. The Morgan fingerprint density at radius 2 is 2.11 bits per heavy atom. The van der Waals surface area contributed by atoms with E-state index in [0.29, 0.717) is 13.0 Å². The smallest absolute Gasteiger partial charge is 0.317 e. The predicted octanol–water partition coefficient (Wildman–Crippen LogP) is 1.24. The molecule has 2 amide bonds. The van der Waals surface area contributed by atoms with Crippen LogP contribution in [0.2, 0.25) is 0 Å². The van der Waals surface area contributed by atoms with Crippen LogP contribution in [0.4, 0.5) is 13.6 Å². The van der Waals surface area contributed by atoms with Gasteiger partial charge in [0, 0.05) is 18.7 Å². The Morgan fingerprint density at radius 3 is 2.67 bits per heavy atom. The van der Waals surface area contributed by atoms with Crippen molar-refractivity contribution in [1.82, 2.24) is 10.2 Å². The number of β-amino-alcohol motifs (C(OH)–C–C–N with tert-alkyl or cyclic N) is 1. The molecule has 1 unspecified atom stereocenters. The van der Waals surface area contributed by atoms with E-state index < -0.39 is 23.8 Å². The summed E-state index contributed by atoms with van der Waals surface area (Å²) in [4.78, 5) is 13.1. The number of nitrogens with zero attached hydrogens (tertiary/aromatic N) is 1. The van der Waals surface area contributed by atoms with Gasteiger partial charge in [0.05, 0.1) is 12.6 Å². The summed E-state index contributed by atoms with van der Waals surface area (Å²) in [7, 11) is 0. The molecule has 1 aliphatic rings. The van der Waals surface area contributed by atoms with E-state index in [4.69, 9.17) is 0 Å². The third-order valence-electron chi connectivity index (χ3n) is 2.93. The normalized spacial score (nSPS) is 19.1. The van der Waals surface area contributed by atoms with Gasteiger partial charge in [-0.2, -0.15) is 0 Å². The SMILES string of the molecule is O=C(NCc1c(F)cccc1F)N1CCC(O)C1. The van der Waals surface area contributed by atoms with Gasteiger partial charge in [0.25, 0.3) is 0 Å². The summed E-state index contributed by atoms with van der Waals surface area (Å²) >= 11 is 0. The molecular weight excluding hydrogens is 242 g/mol. The first-order valence-corrected chi connectivity index (χ1v) is 5.71. The fourth-order valence-electron chi connectivity index (χ4n) is 1.90. The zero-order valence-electron chi connectivity index (χ0n) is 9.70. The molecule has 2 rings (SSSR count). The maximum atomic E-state index is 13.3. The molecule has 0 saturated carbocycles. The van der Waals surface area contributed by atoms with Crippen molar-refractivity contribution in [3.63, 3.8) is 0 Å². The average Bonchev–Trinajstić information content (AvgIpc) is 2.75. The van der Waals surface area contributed by atoms with Crippen molar-refractivity contribution in [1.29, 1.82) is 0 Å². The minimum atomic E-state index is -0.684. The highest BCUT2D eigenvalue weighted by molar-refractivity contribution is 5.74. The number of hydrogen-bond donors (Lipinski definition) is 2. The molecule has 0 aliphatic carbocycles. The van der Waals surface area contributed by atoms with E-state index in [9.17, 15) is 18.7 Å². The lowest BCUT2D eigenvalue weighted by molar-refractivity contribution is 0.171. The molecule has 4 nitrogen and oxygen atoms in total. The first kappa shape index (κ1) is 12.8. The highest BCUT2D eigenvalue weighted by atomic mass is 19.1. The maximum Gasteiger partial charge on any atom is 0.317 e. The zero-order chi connectivity index (χ0) is 13.1. The zero-order valence-corrected chi connectivity index (χ0v) is 9.70. The number of carbonyl (C=O) groups excluding carboxylic acids is 1. The van der Waals surface area contributed by atoms with Crippen LogP contribution in [0.3, 0.4) is 0 Å². The molecule has 1 aromatic rings. The molecule has 1 fully saturated rings. The molecule has 1 aromatic carbocycles. The van der Waals surface area contributed by atoms with Gasteiger partial charge in [0.1, 0.15) is 11.6 Å². The van der Waals surface area contributed by atoms with Gasteiger partial charge in [-0.05, 0) is 18.6 Å². The van der Waals surface area contributed by atoms with Crippen LogP contribution < -0.4 is 5.32 Å². The number of rotatable bonds is 2. The lowest BCUT2D eigenvalue weighted by atomic mass is 10.2. The second kappa shape index (κ2) is 5.30. The van der Waals surface area contributed by atoms with Gasteiger partial charge < -0.3 is 15.3 Å². The Kier molecular flexibility index (Phi) is 3.76. The van der Waals surface area contributed by atoms with Gasteiger partial charge in [0.15, 0.2) is 0 Å². The topological polar surface area (TPSA) is 52.6 Å². The standard InChI is InChI=1S/C12H14F2N2O2/c13-10-2-1-3-11(14)9(10)6-15-12(18)16-5-4-8(17)7-16/h1-3,8,17H,4-7H2,(H,15,18). The number of aliphatic hydroxyl groups excluding tert-OH is 1. The van der Waals surface area contributed by atoms with E-state index in [2.05, 4.69) is 5.32 Å². The molecule has 1 atom stereocenters. The summed E-state index contributed by atoms with van der Waals surface area (Å²) in [6, 6.07) is 3.13. The number of carbonyl (C=O) groups is 1. The quantitative estimate of drug-likeness (QED) is 0.836. The maximum absolute atomic E-state index is 13.3. The largest absolute Gasteiger partial charge is 0.391 e. The average molecular weight is 256 g/mol. The van der Waals surface area contributed by atoms with Crippen molar-refractivity contribution >= 4 is 6.03 Å². The third-order valence-corrected chi connectivity index (χ3v) is 2.93. The van der Waals surface area contributed by atoms with Crippen LogP contribution in [-0.4, -0.2) is 35.2 Å². The number of nitrogens with one attached hydrogen (secondary N) is 1. The minimum absolute atomic E-state index is 0.161. The lowest BCUT2D eigenvalue weighted by Gasteiger charge is -2.16. The second-order valence-corrected chi connectivity index (χ2v) is 4.25. The summed E-state index contributed by atoms with van der Waals surface area (Å²) in [5.74, 6) is -1.37. The lowest BCUT2D eigenvalue weighted by Crippen LogP contribution is -2.38. The monoisotopic (exact) mass is 256 g/mol. The molecule has 1 saturated heterocycles. The molecule has 6 heteroatoms. The molecule has 98 valence electrons. The summed E-state index contributed by atoms with van der Waals surface area (Å²) in [6.07, 6.45) is 0.0162. The van der Waals surface area contributed by atoms with E-state index in [1.807, 2.05) is 0 Å². The van der Waals surface area contributed by atoms with Crippen LogP contribution in [0, 0.1) is 11.6 Å². The Labute approximate surface area is 103 Å². The molecular formula is C12H14F2N2O2. The highest BCUT2D eigenvalue weighted by Gasteiger charge is 2.24. The number of aliphatic hydroxyl groups is 1. The first-order chi connectivity index (χ1) is 8.58. The molecule has 0 radical (unpaired) electrons. The van der Waals surface area contributed by atoms with Gasteiger partial charge in [0.2, 0.25) is 0 Å². The second-order valence-electron chi connectivity index (χ2n) is 4.25. The molecule has 2 N–H and O–H groups in total. The molecule has 1 heterocycles. The van der Waals surface area contributed by atoms with E-state index in [1.54, 1.807) is 0 Å². The fraction of sp³-hybridized carbons (Fsp3) is 0.417.